The van der Waals surface area contributed by atoms with E-state index in [-0.39, 0.29) is 25.5 Å². The number of hydrogen-bond donors (Lipinski definition) is 5. The summed E-state index contributed by atoms with van der Waals surface area (Å²) in [6, 6.07) is -0.618. The molecule has 1 aliphatic heterocycles. The molecule has 0 aromatic heterocycles. The van der Waals surface area contributed by atoms with Crippen molar-refractivity contribution in [2.45, 2.75) is 224 Å². The first kappa shape index (κ1) is 43.3. The van der Waals surface area contributed by atoms with E-state index in [4.69, 9.17) is 9.47 Å². The standard InChI is InChI=1S/C38H75NO7/c1-3-5-7-9-11-13-15-16-18-19-21-23-25-27-33(41)32(31-45-38-35(43)29-34(42)36(30-40)46-38)39-37(44)28-26-24-22-20-17-14-12-10-8-6-4-2/h32-36,38,40-43H,3-31H2,1-2H3,(H,39,44)/t32-,33+,34+,35+,36+,38-/m0/s1. The molecule has 274 valence electrons. The number of unbranched alkanes of at least 4 members (excludes halogenated alkanes) is 22. The molecule has 0 bridgehead atoms. The Kier molecular flexibility index (Phi) is 28.5. The van der Waals surface area contributed by atoms with Crippen molar-refractivity contribution in [2.24, 2.45) is 0 Å². The summed E-state index contributed by atoms with van der Waals surface area (Å²) >= 11 is 0. The van der Waals surface area contributed by atoms with Gasteiger partial charge >= 0.3 is 0 Å². The van der Waals surface area contributed by atoms with Crippen molar-refractivity contribution >= 4 is 5.91 Å². The Balaban J connectivity index is 2.36. The summed E-state index contributed by atoms with van der Waals surface area (Å²) < 4.78 is 11.4. The molecule has 0 saturated carbocycles. The monoisotopic (exact) mass is 658 g/mol. The third-order valence-electron chi connectivity index (χ3n) is 9.58. The van der Waals surface area contributed by atoms with Crippen LogP contribution in [0.25, 0.3) is 0 Å². The number of rotatable bonds is 32. The predicted octanol–water partition coefficient (Wildman–Crippen LogP) is 7.86. The van der Waals surface area contributed by atoms with Crippen molar-refractivity contribution in [3.63, 3.8) is 0 Å². The molecule has 8 heteroatoms. The Morgan fingerprint density at radius 3 is 1.59 bits per heavy atom. The van der Waals surface area contributed by atoms with Crippen LogP contribution in [0.3, 0.4) is 0 Å². The van der Waals surface area contributed by atoms with E-state index in [1.54, 1.807) is 0 Å². The summed E-state index contributed by atoms with van der Waals surface area (Å²) in [5.74, 6) is -0.0947. The van der Waals surface area contributed by atoms with Gasteiger partial charge in [0, 0.05) is 12.8 Å². The van der Waals surface area contributed by atoms with Crippen LogP contribution in [-0.2, 0) is 14.3 Å². The minimum Gasteiger partial charge on any atom is -0.394 e. The van der Waals surface area contributed by atoms with E-state index in [9.17, 15) is 25.2 Å². The van der Waals surface area contributed by atoms with Crippen LogP contribution in [0.15, 0.2) is 0 Å². The number of aliphatic hydroxyl groups excluding tert-OH is 4. The Bertz CT molecular complexity index is 681. The molecule has 1 rings (SSSR count). The first-order valence-corrected chi connectivity index (χ1v) is 19.6. The Labute approximate surface area is 282 Å². The lowest BCUT2D eigenvalue weighted by molar-refractivity contribution is -0.272. The summed E-state index contributed by atoms with van der Waals surface area (Å²) in [4.78, 5) is 12.8. The molecule has 1 heterocycles. The van der Waals surface area contributed by atoms with Crippen LogP contribution in [0.1, 0.15) is 187 Å². The van der Waals surface area contributed by atoms with E-state index in [1.165, 1.54) is 116 Å². The first-order chi connectivity index (χ1) is 22.4. The lowest BCUT2D eigenvalue weighted by atomic mass is 10.0. The lowest BCUT2D eigenvalue weighted by Crippen LogP contribution is -2.52. The molecule has 6 atom stereocenters. The van der Waals surface area contributed by atoms with Crippen LogP contribution in [0, 0.1) is 0 Å². The molecule has 0 unspecified atom stereocenters. The second-order valence-electron chi connectivity index (χ2n) is 14.0. The molecule has 8 nitrogen and oxygen atoms in total. The van der Waals surface area contributed by atoms with Gasteiger partial charge in [0.2, 0.25) is 5.91 Å². The molecule has 0 spiro atoms. The summed E-state index contributed by atoms with van der Waals surface area (Å²) in [5.41, 5.74) is 0. The summed E-state index contributed by atoms with van der Waals surface area (Å²) in [6.45, 7) is 4.11. The van der Waals surface area contributed by atoms with Gasteiger partial charge in [0.25, 0.3) is 0 Å². The quantitative estimate of drug-likeness (QED) is 0.0466. The molecule has 1 saturated heterocycles. The van der Waals surface area contributed by atoms with Gasteiger partial charge in [0.1, 0.15) is 12.2 Å². The van der Waals surface area contributed by atoms with Crippen molar-refractivity contribution in [3.05, 3.63) is 0 Å². The molecule has 1 fully saturated rings. The van der Waals surface area contributed by atoms with E-state index in [0.717, 1.165) is 38.5 Å². The zero-order valence-corrected chi connectivity index (χ0v) is 30.0. The zero-order chi connectivity index (χ0) is 33.7. The van der Waals surface area contributed by atoms with Crippen molar-refractivity contribution in [3.8, 4) is 0 Å². The topological polar surface area (TPSA) is 128 Å². The van der Waals surface area contributed by atoms with Crippen LogP contribution in [0.2, 0.25) is 0 Å². The van der Waals surface area contributed by atoms with Crippen molar-refractivity contribution in [1.29, 1.82) is 0 Å². The van der Waals surface area contributed by atoms with Gasteiger partial charge < -0.3 is 35.2 Å². The minimum atomic E-state index is -1.05. The Morgan fingerprint density at radius 1 is 0.696 bits per heavy atom. The number of hydrogen-bond acceptors (Lipinski definition) is 7. The molecule has 46 heavy (non-hydrogen) atoms. The van der Waals surface area contributed by atoms with Crippen molar-refractivity contribution in [2.75, 3.05) is 13.2 Å². The maximum atomic E-state index is 12.8. The van der Waals surface area contributed by atoms with Crippen molar-refractivity contribution in [1.82, 2.24) is 5.32 Å². The highest BCUT2D eigenvalue weighted by molar-refractivity contribution is 5.76. The van der Waals surface area contributed by atoms with E-state index in [2.05, 4.69) is 19.2 Å². The molecule has 0 radical (unpaired) electrons. The number of amides is 1. The summed E-state index contributed by atoms with van der Waals surface area (Å²) in [7, 11) is 0. The van der Waals surface area contributed by atoms with Gasteiger partial charge in [0.05, 0.1) is 31.5 Å². The SMILES string of the molecule is CCCCCCCCCCCCCCC[C@@H](O)[C@H](CO[C@H]1O[C@H](CO)[C@H](O)C[C@H]1O)NC(=O)CCCCCCCCCCCCC. The number of aliphatic hydroxyl groups is 4. The van der Waals surface area contributed by atoms with Gasteiger partial charge in [-0.15, -0.1) is 0 Å². The van der Waals surface area contributed by atoms with Crippen LogP contribution in [0.4, 0.5) is 0 Å². The summed E-state index contributed by atoms with van der Waals surface area (Å²) in [5, 5.41) is 43.9. The van der Waals surface area contributed by atoms with Gasteiger partial charge in [0.15, 0.2) is 6.29 Å². The fourth-order valence-electron chi connectivity index (χ4n) is 6.43. The fourth-order valence-corrected chi connectivity index (χ4v) is 6.43. The number of carbonyl (C=O) groups excluding carboxylic acids is 1. The fraction of sp³-hybridized carbons (Fsp3) is 0.974. The first-order valence-electron chi connectivity index (χ1n) is 19.6. The largest absolute Gasteiger partial charge is 0.394 e. The minimum absolute atomic E-state index is 0.0143. The van der Waals surface area contributed by atoms with Crippen LogP contribution >= 0.6 is 0 Å². The normalized spacial score (nSPS) is 21.3. The Hall–Kier alpha value is -0.770. The molecular weight excluding hydrogens is 582 g/mol. The van der Waals surface area contributed by atoms with E-state index in [0.29, 0.717) is 12.8 Å². The molecular formula is C38H75NO7. The molecule has 5 N–H and O–H groups in total. The molecule has 1 aliphatic rings. The highest BCUT2D eigenvalue weighted by atomic mass is 16.7. The number of nitrogens with one attached hydrogen (secondary N) is 1. The molecule has 0 aliphatic carbocycles. The predicted molar refractivity (Wildman–Crippen MR) is 188 cm³/mol. The third-order valence-corrected chi connectivity index (χ3v) is 9.58. The van der Waals surface area contributed by atoms with E-state index in [1.807, 2.05) is 0 Å². The van der Waals surface area contributed by atoms with Gasteiger partial charge in [-0.1, -0.05) is 162 Å². The zero-order valence-electron chi connectivity index (χ0n) is 30.0. The molecule has 0 aromatic carbocycles. The maximum absolute atomic E-state index is 12.8. The average molecular weight is 658 g/mol. The molecule has 0 aromatic rings. The molecule has 1 amide bonds. The maximum Gasteiger partial charge on any atom is 0.220 e. The van der Waals surface area contributed by atoms with Gasteiger partial charge in [-0.2, -0.15) is 0 Å². The van der Waals surface area contributed by atoms with Crippen molar-refractivity contribution < 1.29 is 34.7 Å². The number of ether oxygens (including phenoxy) is 2. The van der Waals surface area contributed by atoms with Gasteiger partial charge in [-0.3, -0.25) is 4.79 Å². The smallest absolute Gasteiger partial charge is 0.220 e. The van der Waals surface area contributed by atoms with Crippen LogP contribution in [-0.4, -0.2) is 76.3 Å². The Morgan fingerprint density at radius 2 is 1.13 bits per heavy atom. The van der Waals surface area contributed by atoms with Crippen LogP contribution in [0.5, 0.6) is 0 Å². The van der Waals surface area contributed by atoms with Gasteiger partial charge in [-0.05, 0) is 12.8 Å². The van der Waals surface area contributed by atoms with E-state index < -0.39 is 36.7 Å². The van der Waals surface area contributed by atoms with Gasteiger partial charge in [-0.25, -0.2) is 0 Å². The van der Waals surface area contributed by atoms with Crippen LogP contribution < -0.4 is 5.32 Å². The number of carbonyl (C=O) groups is 1. The highest BCUT2D eigenvalue weighted by Gasteiger charge is 2.37. The average Bonchev–Trinajstić information content (AvgIpc) is 3.04. The third kappa shape index (κ3) is 22.7. The highest BCUT2D eigenvalue weighted by Crippen LogP contribution is 2.22. The second-order valence-corrected chi connectivity index (χ2v) is 14.0. The lowest BCUT2D eigenvalue weighted by Gasteiger charge is -2.37. The van der Waals surface area contributed by atoms with E-state index >= 15 is 0 Å². The second kappa shape index (κ2) is 30.3. The summed E-state index contributed by atoms with van der Waals surface area (Å²) in [6.07, 6.45) is 26.2.